The molecule has 2 aliphatic heterocycles. The largest absolute Gasteiger partial charge is 0.491 e. The maximum absolute atomic E-state index is 5.62. The predicted molar refractivity (Wildman–Crippen MR) is 118 cm³/mol. The van der Waals surface area contributed by atoms with Crippen molar-refractivity contribution >= 4 is 22.7 Å². The van der Waals surface area contributed by atoms with Crippen LogP contribution in [0.4, 0.5) is 22.7 Å². The Bertz CT molecular complexity index is 986. The van der Waals surface area contributed by atoms with Gasteiger partial charge in [0.05, 0.1) is 36.0 Å². The van der Waals surface area contributed by atoms with Crippen molar-refractivity contribution < 1.29 is 18.9 Å². The molecular weight excluding hydrogens is 408 g/mol. The molecule has 0 aromatic heterocycles. The fourth-order valence-electron chi connectivity index (χ4n) is 2.74. The van der Waals surface area contributed by atoms with Crippen LogP contribution in [0.5, 0.6) is 11.5 Å². The molecule has 0 amide bonds. The second-order valence-corrected chi connectivity index (χ2v) is 7.44. The summed E-state index contributed by atoms with van der Waals surface area (Å²) in [6, 6.07) is 22.4. The van der Waals surface area contributed by atoms with Gasteiger partial charge in [-0.05, 0) is 72.8 Å². The number of hydrogen-bond acceptors (Lipinski definition) is 8. The lowest BCUT2D eigenvalue weighted by atomic mass is 10.3. The topological polar surface area (TPSA) is 93.0 Å². The SMILES string of the molecule is c1cc(/N=N/c2ccc(OCC3CO3)cc2)ccc1/N=N/c1ccc(OCC2CO2)cc1. The van der Waals surface area contributed by atoms with Gasteiger partial charge in [0.15, 0.2) is 0 Å². The molecule has 8 nitrogen and oxygen atoms in total. The number of hydrogen-bond donors (Lipinski definition) is 0. The van der Waals surface area contributed by atoms with Gasteiger partial charge in [-0.3, -0.25) is 0 Å². The lowest BCUT2D eigenvalue weighted by Gasteiger charge is -2.03. The highest BCUT2D eigenvalue weighted by atomic mass is 16.6. The Morgan fingerprint density at radius 3 is 1.09 bits per heavy atom. The first kappa shape index (κ1) is 20.3. The van der Waals surface area contributed by atoms with Gasteiger partial charge in [0.25, 0.3) is 0 Å². The summed E-state index contributed by atoms with van der Waals surface area (Å²) in [6.45, 7) is 2.73. The summed E-state index contributed by atoms with van der Waals surface area (Å²) in [7, 11) is 0. The van der Waals surface area contributed by atoms with Crippen molar-refractivity contribution in [3.8, 4) is 11.5 Å². The Kier molecular flexibility index (Phi) is 6.13. The number of azo groups is 2. The van der Waals surface area contributed by atoms with Gasteiger partial charge in [0.1, 0.15) is 36.9 Å². The third kappa shape index (κ3) is 6.19. The highest BCUT2D eigenvalue weighted by Gasteiger charge is 2.23. The molecule has 162 valence electrons. The van der Waals surface area contributed by atoms with E-state index in [1.54, 1.807) is 0 Å². The Morgan fingerprint density at radius 1 is 0.531 bits per heavy atom. The molecule has 3 aromatic rings. The lowest BCUT2D eigenvalue weighted by Crippen LogP contribution is -2.03. The van der Waals surface area contributed by atoms with Gasteiger partial charge in [-0.25, -0.2) is 0 Å². The van der Waals surface area contributed by atoms with Crippen molar-refractivity contribution in [2.45, 2.75) is 12.2 Å². The van der Waals surface area contributed by atoms with E-state index in [9.17, 15) is 0 Å². The van der Waals surface area contributed by atoms with E-state index in [1.807, 2.05) is 72.8 Å². The average molecular weight is 430 g/mol. The van der Waals surface area contributed by atoms with Crippen molar-refractivity contribution in [3.63, 3.8) is 0 Å². The summed E-state index contributed by atoms with van der Waals surface area (Å²) < 4.78 is 21.5. The highest BCUT2D eigenvalue weighted by Crippen LogP contribution is 2.26. The van der Waals surface area contributed by atoms with Crippen LogP contribution in [-0.2, 0) is 9.47 Å². The van der Waals surface area contributed by atoms with Gasteiger partial charge in [0, 0.05) is 0 Å². The first-order valence-corrected chi connectivity index (χ1v) is 10.4. The Hall–Kier alpha value is -3.62. The second kappa shape index (κ2) is 9.67. The zero-order chi connectivity index (χ0) is 21.6. The molecule has 8 heteroatoms. The highest BCUT2D eigenvalue weighted by molar-refractivity contribution is 5.49. The summed E-state index contributed by atoms with van der Waals surface area (Å²) in [6.07, 6.45) is 0.481. The van der Waals surface area contributed by atoms with E-state index in [0.717, 1.165) is 47.5 Å². The molecule has 5 rings (SSSR count). The zero-order valence-corrected chi connectivity index (χ0v) is 17.3. The van der Waals surface area contributed by atoms with E-state index in [4.69, 9.17) is 18.9 Å². The summed E-state index contributed by atoms with van der Waals surface area (Å²) in [5, 5.41) is 17.0. The molecule has 2 aliphatic rings. The molecule has 2 saturated heterocycles. The normalized spacial score (nSPS) is 19.4. The maximum Gasteiger partial charge on any atom is 0.119 e. The fraction of sp³-hybridized carbons (Fsp3) is 0.250. The monoisotopic (exact) mass is 430 g/mol. The van der Waals surface area contributed by atoms with E-state index in [0.29, 0.717) is 13.2 Å². The number of rotatable bonds is 10. The Balaban J connectivity index is 1.12. The van der Waals surface area contributed by atoms with Crippen molar-refractivity contribution in [1.82, 2.24) is 0 Å². The molecule has 0 radical (unpaired) electrons. The van der Waals surface area contributed by atoms with Crippen LogP contribution < -0.4 is 9.47 Å². The summed E-state index contributed by atoms with van der Waals surface area (Å²) in [4.78, 5) is 0. The molecule has 32 heavy (non-hydrogen) atoms. The van der Waals surface area contributed by atoms with Crippen LogP contribution in [0.3, 0.4) is 0 Å². The molecule has 0 bridgehead atoms. The fourth-order valence-corrected chi connectivity index (χ4v) is 2.74. The summed E-state index contributed by atoms with van der Waals surface area (Å²) >= 11 is 0. The molecular formula is C24H22N4O4. The minimum Gasteiger partial charge on any atom is -0.491 e. The number of ether oxygens (including phenoxy) is 4. The molecule has 0 saturated carbocycles. The van der Waals surface area contributed by atoms with Crippen molar-refractivity contribution in [3.05, 3.63) is 72.8 Å². The average Bonchev–Trinajstić information content (AvgIpc) is 3.76. The van der Waals surface area contributed by atoms with Crippen molar-refractivity contribution in [2.24, 2.45) is 20.5 Å². The molecule has 0 N–H and O–H groups in total. The van der Waals surface area contributed by atoms with Crippen LogP contribution in [0.15, 0.2) is 93.3 Å². The van der Waals surface area contributed by atoms with Crippen LogP contribution in [-0.4, -0.2) is 38.6 Å². The quantitative estimate of drug-likeness (QED) is 0.288. The summed E-state index contributed by atoms with van der Waals surface area (Å²) in [5.74, 6) is 1.59. The van der Waals surface area contributed by atoms with Crippen molar-refractivity contribution in [2.75, 3.05) is 26.4 Å². The molecule has 2 atom stereocenters. The van der Waals surface area contributed by atoms with Gasteiger partial charge in [-0.1, -0.05) is 0 Å². The lowest BCUT2D eigenvalue weighted by molar-refractivity contribution is 0.263. The van der Waals surface area contributed by atoms with E-state index in [-0.39, 0.29) is 12.2 Å². The minimum atomic E-state index is 0.240. The van der Waals surface area contributed by atoms with Crippen LogP contribution in [0.25, 0.3) is 0 Å². The predicted octanol–water partition coefficient (Wildman–Crippen LogP) is 6.07. The molecule has 2 unspecified atom stereocenters. The van der Waals surface area contributed by atoms with Crippen LogP contribution >= 0.6 is 0 Å². The van der Waals surface area contributed by atoms with Gasteiger partial charge in [-0.15, -0.1) is 0 Å². The van der Waals surface area contributed by atoms with Gasteiger partial charge in [-0.2, -0.15) is 20.5 Å². The van der Waals surface area contributed by atoms with E-state index >= 15 is 0 Å². The maximum atomic E-state index is 5.62. The van der Waals surface area contributed by atoms with Crippen LogP contribution in [0, 0.1) is 0 Å². The van der Waals surface area contributed by atoms with Crippen LogP contribution in [0.2, 0.25) is 0 Å². The third-order valence-corrected chi connectivity index (χ3v) is 4.76. The number of epoxide rings is 2. The number of nitrogens with zero attached hydrogens (tertiary/aromatic N) is 4. The summed E-state index contributed by atoms with van der Waals surface area (Å²) in [5.41, 5.74) is 2.97. The third-order valence-electron chi connectivity index (χ3n) is 4.76. The van der Waals surface area contributed by atoms with Gasteiger partial charge < -0.3 is 18.9 Å². The van der Waals surface area contributed by atoms with Gasteiger partial charge >= 0.3 is 0 Å². The van der Waals surface area contributed by atoms with E-state index in [2.05, 4.69) is 20.5 Å². The molecule has 0 spiro atoms. The Labute approximate surface area is 185 Å². The minimum absolute atomic E-state index is 0.240. The first-order chi connectivity index (χ1) is 15.8. The van der Waals surface area contributed by atoms with Gasteiger partial charge in [0.2, 0.25) is 0 Å². The van der Waals surface area contributed by atoms with Crippen molar-refractivity contribution in [1.29, 1.82) is 0 Å². The Morgan fingerprint density at radius 2 is 0.812 bits per heavy atom. The molecule has 0 aliphatic carbocycles. The van der Waals surface area contributed by atoms with E-state index < -0.39 is 0 Å². The standard InChI is InChI=1S/C24H22N4O4/c1-2-18(26-28-20-7-11-22(12-8-20)30-14-24-16-32-24)4-3-17(1)25-27-19-5-9-21(10-6-19)29-13-23-15-31-23/h1-12,23-24H,13-16H2/b27-25+,28-26+. The van der Waals surface area contributed by atoms with Crippen LogP contribution in [0.1, 0.15) is 0 Å². The molecule has 3 aromatic carbocycles. The first-order valence-electron chi connectivity index (χ1n) is 10.4. The molecule has 2 fully saturated rings. The van der Waals surface area contributed by atoms with E-state index in [1.165, 1.54) is 0 Å². The zero-order valence-electron chi connectivity index (χ0n) is 17.3. The number of benzene rings is 3. The second-order valence-electron chi connectivity index (χ2n) is 7.44. The molecule has 2 heterocycles. The smallest absolute Gasteiger partial charge is 0.119 e.